The van der Waals surface area contributed by atoms with Gasteiger partial charge in [-0.2, -0.15) is 0 Å². The SMILES string of the molecule is COC(=O)C(CN)NCC(C)C. The maximum atomic E-state index is 11.0. The standard InChI is InChI=1S/C8H18N2O2/c1-6(2)5-10-7(4-9)8(11)12-3/h6-7,10H,4-5,9H2,1-3H3. The molecular formula is C8H18N2O2. The van der Waals surface area contributed by atoms with E-state index in [0.29, 0.717) is 5.92 Å². The second-order valence-electron chi connectivity index (χ2n) is 3.11. The Kier molecular flexibility index (Phi) is 5.66. The maximum absolute atomic E-state index is 11.0. The van der Waals surface area contributed by atoms with E-state index in [9.17, 15) is 4.79 Å². The molecule has 0 bridgehead atoms. The second kappa shape index (κ2) is 5.97. The molecule has 72 valence electrons. The quantitative estimate of drug-likeness (QED) is 0.563. The molecule has 0 saturated carbocycles. The molecule has 0 amide bonds. The van der Waals surface area contributed by atoms with Crippen LogP contribution in [0.2, 0.25) is 0 Å². The lowest BCUT2D eigenvalue weighted by atomic mass is 10.2. The largest absolute Gasteiger partial charge is 0.468 e. The first kappa shape index (κ1) is 11.4. The van der Waals surface area contributed by atoms with Gasteiger partial charge in [-0.15, -0.1) is 0 Å². The number of nitrogens with two attached hydrogens (primary N) is 1. The molecule has 0 rings (SSSR count). The lowest BCUT2D eigenvalue weighted by Crippen LogP contribution is -2.44. The number of methoxy groups -OCH3 is 1. The van der Waals surface area contributed by atoms with E-state index in [1.54, 1.807) is 0 Å². The van der Waals surface area contributed by atoms with Crippen LogP contribution in [-0.4, -0.2) is 32.2 Å². The molecule has 0 aliphatic heterocycles. The van der Waals surface area contributed by atoms with E-state index in [-0.39, 0.29) is 18.6 Å². The van der Waals surface area contributed by atoms with Crippen molar-refractivity contribution in [3.63, 3.8) is 0 Å². The number of ether oxygens (including phenoxy) is 1. The van der Waals surface area contributed by atoms with E-state index in [1.807, 2.05) is 0 Å². The van der Waals surface area contributed by atoms with E-state index in [1.165, 1.54) is 7.11 Å². The minimum absolute atomic E-state index is 0.277. The fraction of sp³-hybridized carbons (Fsp3) is 0.875. The van der Waals surface area contributed by atoms with Crippen molar-refractivity contribution in [1.29, 1.82) is 0 Å². The monoisotopic (exact) mass is 174 g/mol. The van der Waals surface area contributed by atoms with Crippen LogP contribution in [0, 0.1) is 5.92 Å². The van der Waals surface area contributed by atoms with Crippen LogP contribution < -0.4 is 11.1 Å². The van der Waals surface area contributed by atoms with Gasteiger partial charge in [0, 0.05) is 6.54 Å². The predicted molar refractivity (Wildman–Crippen MR) is 47.7 cm³/mol. The van der Waals surface area contributed by atoms with Gasteiger partial charge < -0.3 is 15.8 Å². The van der Waals surface area contributed by atoms with Gasteiger partial charge in [-0.3, -0.25) is 4.79 Å². The molecule has 1 unspecified atom stereocenters. The van der Waals surface area contributed by atoms with Crippen molar-refractivity contribution in [2.45, 2.75) is 19.9 Å². The first-order valence-corrected chi connectivity index (χ1v) is 4.13. The third kappa shape index (κ3) is 4.31. The Morgan fingerprint density at radius 3 is 2.50 bits per heavy atom. The van der Waals surface area contributed by atoms with Crippen LogP contribution in [0.4, 0.5) is 0 Å². The molecule has 12 heavy (non-hydrogen) atoms. The summed E-state index contributed by atoms with van der Waals surface area (Å²) in [7, 11) is 1.36. The van der Waals surface area contributed by atoms with Gasteiger partial charge in [0.05, 0.1) is 7.11 Å². The average Bonchev–Trinajstić information content (AvgIpc) is 2.04. The Morgan fingerprint density at radius 1 is 1.58 bits per heavy atom. The highest BCUT2D eigenvalue weighted by Crippen LogP contribution is 1.91. The molecule has 0 aromatic rings. The third-order valence-corrected chi connectivity index (χ3v) is 1.49. The normalized spacial score (nSPS) is 13.1. The zero-order valence-corrected chi connectivity index (χ0v) is 7.96. The molecule has 3 N–H and O–H groups in total. The van der Waals surface area contributed by atoms with Crippen molar-refractivity contribution in [1.82, 2.24) is 5.32 Å². The summed E-state index contributed by atoms with van der Waals surface area (Å²) in [6.07, 6.45) is 0. The molecule has 0 spiro atoms. The predicted octanol–water partition coefficient (Wildman–Crippen LogP) is -0.268. The lowest BCUT2D eigenvalue weighted by Gasteiger charge is -2.15. The van der Waals surface area contributed by atoms with Crippen LogP contribution in [0.3, 0.4) is 0 Å². The zero-order chi connectivity index (χ0) is 9.56. The molecule has 4 nitrogen and oxygen atoms in total. The highest BCUT2D eigenvalue weighted by Gasteiger charge is 2.15. The molecule has 0 heterocycles. The fourth-order valence-electron chi connectivity index (χ4n) is 0.783. The molecule has 0 saturated heterocycles. The molecule has 1 atom stereocenters. The summed E-state index contributed by atoms with van der Waals surface area (Å²) in [6, 6.07) is -0.364. The Bertz CT molecular complexity index is 137. The van der Waals surface area contributed by atoms with E-state index >= 15 is 0 Å². The first-order chi connectivity index (χ1) is 5.61. The van der Waals surface area contributed by atoms with Gasteiger partial charge in [0.2, 0.25) is 0 Å². The van der Waals surface area contributed by atoms with Crippen molar-refractivity contribution in [3.05, 3.63) is 0 Å². The topological polar surface area (TPSA) is 64.3 Å². The van der Waals surface area contributed by atoms with Gasteiger partial charge in [-0.05, 0) is 12.5 Å². The molecular weight excluding hydrogens is 156 g/mol. The number of carbonyl (C=O) groups is 1. The number of hydrogen-bond acceptors (Lipinski definition) is 4. The smallest absolute Gasteiger partial charge is 0.324 e. The second-order valence-corrected chi connectivity index (χ2v) is 3.11. The number of rotatable bonds is 5. The molecule has 0 fully saturated rings. The Labute approximate surface area is 73.5 Å². The summed E-state index contributed by atoms with van der Waals surface area (Å²) in [5, 5.41) is 3.02. The van der Waals surface area contributed by atoms with Gasteiger partial charge in [-0.25, -0.2) is 0 Å². The highest BCUT2D eigenvalue weighted by atomic mass is 16.5. The summed E-state index contributed by atoms with van der Waals surface area (Å²) in [5.41, 5.74) is 5.37. The molecule has 0 radical (unpaired) electrons. The van der Waals surface area contributed by atoms with Crippen molar-refractivity contribution in [2.75, 3.05) is 20.2 Å². The van der Waals surface area contributed by atoms with E-state index in [0.717, 1.165) is 6.54 Å². The van der Waals surface area contributed by atoms with Crippen LogP contribution in [-0.2, 0) is 9.53 Å². The van der Waals surface area contributed by atoms with Crippen LogP contribution >= 0.6 is 0 Å². The highest BCUT2D eigenvalue weighted by molar-refractivity contribution is 5.75. The molecule has 0 aromatic carbocycles. The van der Waals surface area contributed by atoms with Gasteiger partial charge in [0.15, 0.2) is 0 Å². The Morgan fingerprint density at radius 2 is 2.17 bits per heavy atom. The van der Waals surface area contributed by atoms with Gasteiger partial charge in [-0.1, -0.05) is 13.8 Å². The summed E-state index contributed by atoms with van der Waals surface area (Å²) in [4.78, 5) is 11.0. The van der Waals surface area contributed by atoms with E-state index in [4.69, 9.17) is 5.73 Å². The third-order valence-electron chi connectivity index (χ3n) is 1.49. The summed E-state index contributed by atoms with van der Waals surface area (Å²) >= 11 is 0. The molecule has 4 heteroatoms. The Balaban J connectivity index is 3.75. The summed E-state index contributed by atoms with van der Waals surface area (Å²) in [6.45, 7) is 5.19. The van der Waals surface area contributed by atoms with Gasteiger partial charge in [0.25, 0.3) is 0 Å². The van der Waals surface area contributed by atoms with Gasteiger partial charge in [0.1, 0.15) is 6.04 Å². The maximum Gasteiger partial charge on any atom is 0.324 e. The minimum atomic E-state index is -0.364. The number of esters is 1. The zero-order valence-electron chi connectivity index (χ0n) is 7.96. The lowest BCUT2D eigenvalue weighted by molar-refractivity contribution is -0.142. The van der Waals surface area contributed by atoms with Crippen LogP contribution in [0.25, 0.3) is 0 Å². The minimum Gasteiger partial charge on any atom is -0.468 e. The van der Waals surface area contributed by atoms with Crippen LogP contribution in [0.15, 0.2) is 0 Å². The fourth-order valence-corrected chi connectivity index (χ4v) is 0.783. The molecule has 0 aromatic heterocycles. The molecule has 0 aliphatic rings. The summed E-state index contributed by atoms with van der Waals surface area (Å²) in [5.74, 6) is 0.210. The van der Waals surface area contributed by atoms with Crippen LogP contribution in [0.1, 0.15) is 13.8 Å². The van der Waals surface area contributed by atoms with Crippen molar-refractivity contribution < 1.29 is 9.53 Å². The summed E-state index contributed by atoms with van der Waals surface area (Å²) < 4.78 is 4.55. The van der Waals surface area contributed by atoms with Gasteiger partial charge >= 0.3 is 5.97 Å². The Hall–Kier alpha value is -0.610. The van der Waals surface area contributed by atoms with E-state index < -0.39 is 0 Å². The number of hydrogen-bond donors (Lipinski definition) is 2. The first-order valence-electron chi connectivity index (χ1n) is 4.13. The number of carbonyl (C=O) groups excluding carboxylic acids is 1. The van der Waals surface area contributed by atoms with E-state index in [2.05, 4.69) is 23.9 Å². The average molecular weight is 174 g/mol. The van der Waals surface area contributed by atoms with Crippen molar-refractivity contribution in [3.8, 4) is 0 Å². The van der Waals surface area contributed by atoms with Crippen LogP contribution in [0.5, 0.6) is 0 Å². The number of nitrogens with one attached hydrogen (secondary N) is 1. The molecule has 0 aliphatic carbocycles. The van der Waals surface area contributed by atoms with Crippen molar-refractivity contribution in [2.24, 2.45) is 11.7 Å². The van der Waals surface area contributed by atoms with Crippen molar-refractivity contribution >= 4 is 5.97 Å².